The van der Waals surface area contributed by atoms with E-state index in [0.717, 1.165) is 26.3 Å². The van der Waals surface area contributed by atoms with Crippen LogP contribution in [-0.2, 0) is 9.47 Å². The molecular formula is C13H14Cl2NO3. The molecule has 0 unspecified atom stereocenters. The monoisotopic (exact) mass is 302 g/mol. The molecule has 19 heavy (non-hydrogen) atoms. The van der Waals surface area contributed by atoms with Gasteiger partial charge in [-0.05, 0) is 6.07 Å². The lowest BCUT2D eigenvalue weighted by Gasteiger charge is -2.26. The van der Waals surface area contributed by atoms with Gasteiger partial charge in [0, 0.05) is 25.7 Å². The molecule has 1 radical (unpaired) electrons. The second-order valence-electron chi connectivity index (χ2n) is 4.10. The van der Waals surface area contributed by atoms with Gasteiger partial charge in [0.2, 0.25) is 0 Å². The molecule has 1 fully saturated rings. The van der Waals surface area contributed by atoms with E-state index in [9.17, 15) is 4.79 Å². The first kappa shape index (κ1) is 14.6. The minimum atomic E-state index is -0.514. The van der Waals surface area contributed by atoms with Gasteiger partial charge in [-0.1, -0.05) is 29.3 Å². The Morgan fingerprint density at radius 3 is 2.84 bits per heavy atom. The van der Waals surface area contributed by atoms with Crippen LogP contribution in [-0.4, -0.2) is 50.3 Å². The number of carbonyl (C=O) groups excluding carboxylic acids is 1. The largest absolute Gasteiger partial charge is 0.461 e. The van der Waals surface area contributed by atoms with Crippen molar-refractivity contribution in [2.45, 2.75) is 0 Å². The summed E-state index contributed by atoms with van der Waals surface area (Å²) in [4.78, 5) is 14.1. The van der Waals surface area contributed by atoms with Crippen molar-refractivity contribution in [3.05, 3.63) is 33.8 Å². The molecule has 0 aromatic heterocycles. The first-order valence-corrected chi connectivity index (χ1v) is 6.77. The van der Waals surface area contributed by atoms with E-state index in [1.54, 1.807) is 12.1 Å². The normalized spacial score (nSPS) is 16.3. The average molecular weight is 303 g/mol. The summed E-state index contributed by atoms with van der Waals surface area (Å²) in [6.07, 6.45) is 0. The summed E-state index contributed by atoms with van der Waals surface area (Å²) in [5, 5.41) is 0.462. The third-order valence-corrected chi connectivity index (χ3v) is 3.46. The van der Waals surface area contributed by atoms with E-state index in [1.807, 2.05) is 0 Å². The second kappa shape index (κ2) is 7.10. The van der Waals surface area contributed by atoms with Gasteiger partial charge >= 0.3 is 5.97 Å². The summed E-state index contributed by atoms with van der Waals surface area (Å²) in [5.74, 6) is -0.514. The van der Waals surface area contributed by atoms with Gasteiger partial charge in [-0.2, -0.15) is 0 Å². The molecular weight excluding hydrogens is 289 g/mol. The van der Waals surface area contributed by atoms with Gasteiger partial charge in [-0.3, -0.25) is 4.90 Å². The molecule has 1 aromatic carbocycles. The molecule has 2 rings (SSSR count). The molecule has 0 aliphatic carbocycles. The molecule has 1 aliphatic heterocycles. The molecule has 4 nitrogen and oxygen atoms in total. The summed E-state index contributed by atoms with van der Waals surface area (Å²) in [6, 6.07) is 5.84. The highest BCUT2D eigenvalue weighted by Crippen LogP contribution is 2.24. The van der Waals surface area contributed by atoms with E-state index < -0.39 is 5.97 Å². The van der Waals surface area contributed by atoms with Gasteiger partial charge in [-0.15, -0.1) is 0 Å². The fourth-order valence-electron chi connectivity index (χ4n) is 1.80. The maximum absolute atomic E-state index is 11.9. The lowest BCUT2D eigenvalue weighted by Crippen LogP contribution is -2.38. The van der Waals surface area contributed by atoms with Gasteiger partial charge in [0.15, 0.2) is 0 Å². The van der Waals surface area contributed by atoms with E-state index in [-0.39, 0.29) is 15.6 Å². The van der Waals surface area contributed by atoms with Crippen LogP contribution in [0.15, 0.2) is 12.1 Å². The molecule has 0 spiro atoms. The van der Waals surface area contributed by atoms with Gasteiger partial charge in [0.1, 0.15) is 6.61 Å². The van der Waals surface area contributed by atoms with Crippen molar-refractivity contribution in [2.75, 3.05) is 39.5 Å². The van der Waals surface area contributed by atoms with Crippen molar-refractivity contribution in [2.24, 2.45) is 0 Å². The van der Waals surface area contributed by atoms with E-state index in [0.29, 0.717) is 13.2 Å². The Morgan fingerprint density at radius 1 is 1.42 bits per heavy atom. The van der Waals surface area contributed by atoms with E-state index >= 15 is 0 Å². The van der Waals surface area contributed by atoms with Crippen molar-refractivity contribution < 1.29 is 14.3 Å². The number of nitrogens with zero attached hydrogens (tertiary/aromatic N) is 1. The maximum atomic E-state index is 11.9. The molecule has 1 saturated heterocycles. The Balaban J connectivity index is 1.84. The number of morpholine rings is 1. The molecule has 0 saturated carbocycles. The number of ether oxygens (including phenoxy) is 2. The number of benzene rings is 1. The number of rotatable bonds is 4. The van der Waals surface area contributed by atoms with Gasteiger partial charge in [0.25, 0.3) is 0 Å². The molecule has 0 N–H and O–H groups in total. The zero-order chi connectivity index (χ0) is 13.7. The van der Waals surface area contributed by atoms with Gasteiger partial charge in [-0.25, -0.2) is 4.79 Å². The summed E-state index contributed by atoms with van der Waals surface area (Å²) in [6.45, 7) is 4.15. The summed E-state index contributed by atoms with van der Waals surface area (Å²) >= 11 is 11.8. The Kier molecular flexibility index (Phi) is 5.45. The van der Waals surface area contributed by atoms with Crippen molar-refractivity contribution in [3.63, 3.8) is 0 Å². The third kappa shape index (κ3) is 4.08. The first-order valence-electron chi connectivity index (χ1n) is 6.01. The zero-order valence-corrected chi connectivity index (χ0v) is 11.8. The quantitative estimate of drug-likeness (QED) is 0.800. The van der Waals surface area contributed by atoms with Crippen molar-refractivity contribution in [1.82, 2.24) is 4.90 Å². The predicted octanol–water partition coefficient (Wildman–Crippen LogP) is 2.28. The summed E-state index contributed by atoms with van der Waals surface area (Å²) in [5.41, 5.74) is 0.174. The standard InChI is InChI=1S/C13H14Cl2NO3/c14-10-2-1-3-11(15)12(10)13(17)19-9-6-16-4-7-18-8-5-16/h1-2H,4-9H2. The first-order chi connectivity index (χ1) is 9.18. The van der Waals surface area contributed by atoms with Crippen LogP contribution in [0.4, 0.5) is 0 Å². The van der Waals surface area contributed by atoms with Crippen LogP contribution >= 0.6 is 23.2 Å². The lowest BCUT2D eigenvalue weighted by atomic mass is 10.2. The minimum absolute atomic E-state index is 0.174. The van der Waals surface area contributed by atoms with Crippen LogP contribution in [0.2, 0.25) is 10.0 Å². The third-order valence-electron chi connectivity index (χ3n) is 2.85. The molecule has 6 heteroatoms. The van der Waals surface area contributed by atoms with E-state index in [1.165, 1.54) is 0 Å². The number of hydrogen-bond acceptors (Lipinski definition) is 4. The smallest absolute Gasteiger partial charge is 0.341 e. The number of hydrogen-bond donors (Lipinski definition) is 0. The minimum Gasteiger partial charge on any atom is -0.461 e. The highest BCUT2D eigenvalue weighted by Gasteiger charge is 2.17. The van der Waals surface area contributed by atoms with Crippen molar-refractivity contribution >= 4 is 29.2 Å². The fourth-order valence-corrected chi connectivity index (χ4v) is 2.32. The molecule has 0 atom stereocenters. The van der Waals surface area contributed by atoms with Crippen LogP contribution in [0.3, 0.4) is 0 Å². The predicted molar refractivity (Wildman–Crippen MR) is 72.8 cm³/mol. The zero-order valence-electron chi connectivity index (χ0n) is 10.3. The molecule has 0 bridgehead atoms. The van der Waals surface area contributed by atoms with Crippen molar-refractivity contribution in [1.29, 1.82) is 0 Å². The molecule has 103 valence electrons. The number of esters is 1. The van der Waals surface area contributed by atoms with Gasteiger partial charge < -0.3 is 9.47 Å². The maximum Gasteiger partial charge on any atom is 0.341 e. The second-order valence-corrected chi connectivity index (χ2v) is 4.89. The van der Waals surface area contributed by atoms with Gasteiger partial charge in [0.05, 0.1) is 28.8 Å². The topological polar surface area (TPSA) is 38.8 Å². The Hall–Kier alpha value is -0.810. The molecule has 0 amide bonds. The molecule has 1 heterocycles. The molecule has 1 aromatic rings. The van der Waals surface area contributed by atoms with Crippen LogP contribution in [0.5, 0.6) is 0 Å². The highest BCUT2D eigenvalue weighted by molar-refractivity contribution is 6.39. The Labute approximate surface area is 122 Å². The molecule has 1 aliphatic rings. The van der Waals surface area contributed by atoms with Crippen LogP contribution < -0.4 is 0 Å². The highest BCUT2D eigenvalue weighted by atomic mass is 35.5. The van der Waals surface area contributed by atoms with Crippen molar-refractivity contribution in [3.8, 4) is 0 Å². The fraction of sp³-hybridized carbons (Fsp3) is 0.462. The Morgan fingerprint density at radius 2 is 2.16 bits per heavy atom. The Bertz CT molecular complexity index is 427. The van der Waals surface area contributed by atoms with E-state index in [2.05, 4.69) is 11.0 Å². The van der Waals surface area contributed by atoms with E-state index in [4.69, 9.17) is 32.7 Å². The lowest BCUT2D eigenvalue weighted by molar-refractivity contribution is 0.0196. The van der Waals surface area contributed by atoms with Crippen LogP contribution in [0.25, 0.3) is 0 Å². The number of carbonyl (C=O) groups is 1. The van der Waals surface area contributed by atoms with Crippen LogP contribution in [0, 0.1) is 6.07 Å². The average Bonchev–Trinajstić information content (AvgIpc) is 2.40. The summed E-state index contributed by atoms with van der Waals surface area (Å²) < 4.78 is 10.4. The SMILES string of the molecule is O=C(OCCN1CCOCC1)c1c(Cl)[c]ccc1Cl. The number of halogens is 2. The summed E-state index contributed by atoms with van der Waals surface area (Å²) in [7, 11) is 0. The van der Waals surface area contributed by atoms with Crippen LogP contribution in [0.1, 0.15) is 10.4 Å².